The molecule has 1 heterocycles. The lowest BCUT2D eigenvalue weighted by Gasteiger charge is -2.28. The third-order valence-corrected chi connectivity index (χ3v) is 3.01. The van der Waals surface area contributed by atoms with Crippen LogP contribution in [0, 0.1) is 0 Å². The van der Waals surface area contributed by atoms with E-state index in [1.165, 1.54) is 0 Å². The van der Waals surface area contributed by atoms with Crippen LogP contribution in [0.25, 0.3) is 0 Å². The van der Waals surface area contributed by atoms with Gasteiger partial charge in [-0.3, -0.25) is 0 Å². The van der Waals surface area contributed by atoms with Crippen LogP contribution in [0.15, 0.2) is 18.2 Å². The number of benzene rings is 1. The Hall–Kier alpha value is -0.240. The van der Waals surface area contributed by atoms with Gasteiger partial charge in [-0.2, -0.15) is 0 Å². The fraction of sp³-hybridized carbons (Fsp3) is 0.333. The number of rotatable bonds is 1. The summed E-state index contributed by atoms with van der Waals surface area (Å²) >= 11 is 11.9. The van der Waals surface area contributed by atoms with Crippen LogP contribution in [-0.4, -0.2) is 6.54 Å². The zero-order valence-electron chi connectivity index (χ0n) is 6.48. The van der Waals surface area contributed by atoms with Crippen molar-refractivity contribution in [3.05, 3.63) is 33.8 Å². The van der Waals surface area contributed by atoms with Gasteiger partial charge in [0.15, 0.2) is 0 Å². The van der Waals surface area contributed by atoms with E-state index in [0.717, 1.165) is 18.5 Å². The van der Waals surface area contributed by atoms with Gasteiger partial charge >= 0.3 is 0 Å². The Labute approximate surface area is 81.7 Å². The maximum absolute atomic E-state index is 6.03. The van der Waals surface area contributed by atoms with Gasteiger partial charge in [-0.05, 0) is 24.6 Å². The molecule has 12 heavy (non-hydrogen) atoms. The van der Waals surface area contributed by atoms with Gasteiger partial charge in [-0.25, -0.2) is 0 Å². The predicted molar refractivity (Wildman–Crippen MR) is 51.8 cm³/mol. The second-order valence-electron chi connectivity index (χ2n) is 2.94. The Morgan fingerprint density at radius 1 is 1.33 bits per heavy atom. The van der Waals surface area contributed by atoms with Crippen molar-refractivity contribution in [3.8, 4) is 0 Å². The maximum atomic E-state index is 6.03. The molecule has 0 unspecified atom stereocenters. The molecule has 0 aliphatic carbocycles. The van der Waals surface area contributed by atoms with Crippen LogP contribution >= 0.6 is 23.2 Å². The third kappa shape index (κ3) is 1.33. The fourth-order valence-corrected chi connectivity index (χ4v) is 1.78. The summed E-state index contributed by atoms with van der Waals surface area (Å²) in [7, 11) is 0. The van der Waals surface area contributed by atoms with Crippen molar-refractivity contribution in [1.82, 2.24) is 5.32 Å². The third-order valence-electron chi connectivity index (χ3n) is 2.18. The van der Waals surface area contributed by atoms with Gasteiger partial charge in [0.25, 0.3) is 0 Å². The first-order valence-electron chi connectivity index (χ1n) is 3.96. The molecule has 1 nitrogen and oxygen atoms in total. The summed E-state index contributed by atoms with van der Waals surface area (Å²) < 4.78 is 0. The van der Waals surface area contributed by atoms with Crippen molar-refractivity contribution in [2.45, 2.75) is 12.5 Å². The number of hydrogen-bond acceptors (Lipinski definition) is 1. The van der Waals surface area contributed by atoms with Gasteiger partial charge in [-0.1, -0.05) is 35.3 Å². The second-order valence-corrected chi connectivity index (χ2v) is 3.72. The molecule has 0 spiro atoms. The summed E-state index contributed by atoms with van der Waals surface area (Å²) in [6.45, 7) is 1.08. The van der Waals surface area contributed by atoms with E-state index in [1.54, 1.807) is 0 Å². The number of nitrogens with one attached hydrogen (secondary N) is 1. The minimum absolute atomic E-state index is 0.413. The van der Waals surface area contributed by atoms with Gasteiger partial charge in [-0.15, -0.1) is 0 Å². The molecule has 64 valence electrons. The van der Waals surface area contributed by atoms with E-state index in [1.807, 2.05) is 18.2 Å². The van der Waals surface area contributed by atoms with Crippen LogP contribution in [0.4, 0.5) is 0 Å². The highest BCUT2D eigenvalue weighted by molar-refractivity contribution is 6.42. The molecule has 0 aromatic heterocycles. The van der Waals surface area contributed by atoms with Crippen molar-refractivity contribution in [2.24, 2.45) is 0 Å². The Bertz CT molecular complexity index is 295. The Morgan fingerprint density at radius 3 is 2.67 bits per heavy atom. The van der Waals surface area contributed by atoms with Gasteiger partial charge in [0, 0.05) is 6.04 Å². The molecule has 0 amide bonds. The first kappa shape index (κ1) is 8.36. The quantitative estimate of drug-likeness (QED) is 0.737. The number of halogens is 2. The lowest BCUT2D eigenvalue weighted by Crippen LogP contribution is -2.35. The molecule has 0 radical (unpaired) electrons. The molecule has 3 heteroatoms. The number of hydrogen-bond donors (Lipinski definition) is 1. The highest BCUT2D eigenvalue weighted by Gasteiger charge is 2.21. The smallest absolute Gasteiger partial charge is 0.0640 e. The lowest BCUT2D eigenvalue weighted by molar-refractivity contribution is 0.383. The van der Waals surface area contributed by atoms with E-state index in [-0.39, 0.29) is 0 Å². The maximum Gasteiger partial charge on any atom is 0.0640 e. The molecule has 0 saturated carbocycles. The van der Waals surface area contributed by atoms with Crippen molar-refractivity contribution in [1.29, 1.82) is 0 Å². The van der Waals surface area contributed by atoms with Crippen molar-refractivity contribution in [2.75, 3.05) is 6.54 Å². The Balaban J connectivity index is 2.36. The Morgan fingerprint density at radius 2 is 2.08 bits per heavy atom. The van der Waals surface area contributed by atoms with Crippen molar-refractivity contribution < 1.29 is 0 Å². The van der Waals surface area contributed by atoms with Crippen LogP contribution in [-0.2, 0) is 0 Å². The molecule has 1 aliphatic rings. The van der Waals surface area contributed by atoms with Gasteiger partial charge in [0.2, 0.25) is 0 Å². The molecule has 0 bridgehead atoms. The van der Waals surface area contributed by atoms with E-state index in [9.17, 15) is 0 Å². The zero-order valence-corrected chi connectivity index (χ0v) is 7.99. The molecule has 1 N–H and O–H groups in total. The normalized spacial score (nSPS) is 22.0. The van der Waals surface area contributed by atoms with E-state index < -0.39 is 0 Å². The van der Waals surface area contributed by atoms with Gasteiger partial charge in [0.05, 0.1) is 10.0 Å². The molecule has 1 fully saturated rings. The van der Waals surface area contributed by atoms with Gasteiger partial charge in [0.1, 0.15) is 0 Å². The van der Waals surface area contributed by atoms with Crippen LogP contribution in [0.3, 0.4) is 0 Å². The molecule has 1 saturated heterocycles. The predicted octanol–water partition coefficient (Wildman–Crippen LogP) is 3.03. The van der Waals surface area contributed by atoms with E-state index in [0.29, 0.717) is 16.1 Å². The minimum atomic E-state index is 0.413. The largest absolute Gasteiger partial charge is 0.310 e. The summed E-state index contributed by atoms with van der Waals surface area (Å²) in [5, 5.41) is 4.62. The van der Waals surface area contributed by atoms with Crippen LogP contribution in [0.2, 0.25) is 10.0 Å². The molecule has 2 rings (SSSR count). The SMILES string of the molecule is Clc1cccc([C@H]2CCN2)c1Cl. The monoisotopic (exact) mass is 201 g/mol. The second kappa shape index (κ2) is 3.25. The van der Waals surface area contributed by atoms with E-state index >= 15 is 0 Å². The summed E-state index contributed by atoms with van der Waals surface area (Å²) in [6.07, 6.45) is 1.15. The lowest BCUT2D eigenvalue weighted by atomic mass is 9.98. The van der Waals surface area contributed by atoms with E-state index in [4.69, 9.17) is 23.2 Å². The van der Waals surface area contributed by atoms with Crippen molar-refractivity contribution >= 4 is 23.2 Å². The summed E-state index contributed by atoms with van der Waals surface area (Å²) in [6, 6.07) is 6.18. The zero-order chi connectivity index (χ0) is 8.55. The van der Waals surface area contributed by atoms with Crippen LogP contribution < -0.4 is 5.32 Å². The fourth-order valence-electron chi connectivity index (χ4n) is 1.34. The topological polar surface area (TPSA) is 12.0 Å². The summed E-state index contributed by atoms with van der Waals surface area (Å²) in [5.74, 6) is 0. The molecule has 1 aromatic rings. The van der Waals surface area contributed by atoms with E-state index in [2.05, 4.69) is 5.32 Å². The highest BCUT2D eigenvalue weighted by atomic mass is 35.5. The minimum Gasteiger partial charge on any atom is -0.310 e. The van der Waals surface area contributed by atoms with Crippen molar-refractivity contribution in [3.63, 3.8) is 0 Å². The first-order chi connectivity index (χ1) is 5.79. The highest BCUT2D eigenvalue weighted by Crippen LogP contribution is 2.33. The van der Waals surface area contributed by atoms with Crippen LogP contribution in [0.1, 0.15) is 18.0 Å². The summed E-state index contributed by atoms with van der Waals surface area (Å²) in [4.78, 5) is 0. The average Bonchev–Trinajstić information content (AvgIpc) is 1.95. The summed E-state index contributed by atoms with van der Waals surface area (Å²) in [5.41, 5.74) is 1.12. The van der Waals surface area contributed by atoms with Gasteiger partial charge < -0.3 is 5.32 Å². The Kier molecular flexibility index (Phi) is 2.26. The van der Waals surface area contributed by atoms with Crippen LogP contribution in [0.5, 0.6) is 0 Å². The molecular weight excluding hydrogens is 193 g/mol. The average molecular weight is 202 g/mol. The first-order valence-corrected chi connectivity index (χ1v) is 4.72. The molecule has 1 atom stereocenters. The molecule has 1 aliphatic heterocycles. The molecule has 1 aromatic carbocycles. The standard InChI is InChI=1S/C9H9Cl2N/c10-7-3-1-2-6(9(7)11)8-4-5-12-8/h1-3,8,12H,4-5H2/t8-/m1/s1. The molecular formula is C9H9Cl2N.